The molecule has 1 aromatic rings. The highest BCUT2D eigenvalue weighted by molar-refractivity contribution is 5.76. The Kier molecular flexibility index (Phi) is 6.18. The van der Waals surface area contributed by atoms with Crippen LogP contribution in [-0.4, -0.2) is 56.2 Å². The summed E-state index contributed by atoms with van der Waals surface area (Å²) in [7, 11) is 0. The zero-order valence-electron chi connectivity index (χ0n) is 14.0. The van der Waals surface area contributed by atoms with Gasteiger partial charge in [-0.05, 0) is 37.1 Å². The van der Waals surface area contributed by atoms with Gasteiger partial charge >= 0.3 is 0 Å². The van der Waals surface area contributed by atoms with Crippen LogP contribution in [0.3, 0.4) is 0 Å². The summed E-state index contributed by atoms with van der Waals surface area (Å²) in [5, 5.41) is 6.41. The maximum Gasteiger partial charge on any atom is 0.221 e. The highest BCUT2D eigenvalue weighted by Crippen LogP contribution is 2.22. The quantitative estimate of drug-likeness (QED) is 0.826. The lowest BCUT2D eigenvalue weighted by Crippen LogP contribution is -2.44. The molecule has 0 bridgehead atoms. The average molecular weight is 335 g/mol. The Balaban J connectivity index is 1.60. The average Bonchev–Trinajstić information content (AvgIpc) is 3.10. The van der Waals surface area contributed by atoms with Crippen LogP contribution in [0.4, 0.5) is 4.39 Å². The van der Waals surface area contributed by atoms with Crippen LogP contribution < -0.4 is 10.6 Å². The lowest BCUT2D eigenvalue weighted by molar-refractivity contribution is -0.121. The monoisotopic (exact) mass is 335 g/mol. The molecule has 0 saturated carbocycles. The number of carbonyl (C=O) groups is 1. The molecule has 2 N–H and O–H groups in total. The predicted molar refractivity (Wildman–Crippen MR) is 90.2 cm³/mol. The van der Waals surface area contributed by atoms with Crippen molar-refractivity contribution in [1.29, 1.82) is 0 Å². The molecule has 2 saturated heterocycles. The maximum absolute atomic E-state index is 13.2. The first-order valence-corrected chi connectivity index (χ1v) is 8.80. The number of ether oxygens (including phenoxy) is 1. The van der Waals surface area contributed by atoms with E-state index in [2.05, 4.69) is 15.5 Å². The second-order valence-electron chi connectivity index (χ2n) is 6.52. The number of rotatable bonds is 6. The van der Waals surface area contributed by atoms with Crippen molar-refractivity contribution >= 4 is 5.91 Å². The number of halogens is 1. The molecule has 2 unspecified atom stereocenters. The lowest BCUT2D eigenvalue weighted by atomic mass is 10.0. The van der Waals surface area contributed by atoms with E-state index in [0.717, 1.165) is 38.0 Å². The molecule has 0 aliphatic carbocycles. The lowest BCUT2D eigenvalue weighted by Gasteiger charge is -2.35. The molecular formula is C18H26FN3O2. The fourth-order valence-corrected chi connectivity index (χ4v) is 3.47. The van der Waals surface area contributed by atoms with Crippen LogP contribution in [0.2, 0.25) is 0 Å². The number of morpholine rings is 1. The summed E-state index contributed by atoms with van der Waals surface area (Å²) in [6.45, 7) is 4.57. The van der Waals surface area contributed by atoms with E-state index in [1.165, 1.54) is 12.1 Å². The molecule has 2 fully saturated rings. The largest absolute Gasteiger partial charge is 0.379 e. The molecule has 2 heterocycles. The molecule has 24 heavy (non-hydrogen) atoms. The standard InChI is InChI=1S/C18H26FN3O2/c19-15-5-3-14(4-6-15)17(22-8-10-24-11-9-22)13-21-18(23)12-16-2-1-7-20-16/h3-6,16-17,20H,1-2,7-13H2,(H,21,23). The number of benzene rings is 1. The maximum atomic E-state index is 13.2. The van der Waals surface area contributed by atoms with Gasteiger partial charge in [0, 0.05) is 32.1 Å². The summed E-state index contributed by atoms with van der Waals surface area (Å²) in [4.78, 5) is 14.5. The summed E-state index contributed by atoms with van der Waals surface area (Å²) in [5.74, 6) is -0.161. The fraction of sp³-hybridized carbons (Fsp3) is 0.611. The summed E-state index contributed by atoms with van der Waals surface area (Å²) >= 11 is 0. The number of amides is 1. The van der Waals surface area contributed by atoms with Crippen molar-refractivity contribution in [2.75, 3.05) is 39.4 Å². The van der Waals surface area contributed by atoms with Crippen molar-refractivity contribution in [3.8, 4) is 0 Å². The Morgan fingerprint density at radius 2 is 2.08 bits per heavy atom. The van der Waals surface area contributed by atoms with Crippen molar-refractivity contribution in [2.45, 2.75) is 31.3 Å². The van der Waals surface area contributed by atoms with E-state index in [9.17, 15) is 9.18 Å². The molecule has 6 heteroatoms. The molecule has 1 amide bonds. The molecule has 0 spiro atoms. The van der Waals surface area contributed by atoms with Crippen molar-refractivity contribution in [3.63, 3.8) is 0 Å². The van der Waals surface area contributed by atoms with E-state index in [1.54, 1.807) is 12.1 Å². The van der Waals surface area contributed by atoms with E-state index in [-0.39, 0.29) is 17.8 Å². The number of nitrogens with zero attached hydrogens (tertiary/aromatic N) is 1. The summed E-state index contributed by atoms with van der Waals surface area (Å²) in [5.41, 5.74) is 1.03. The number of hydrogen-bond acceptors (Lipinski definition) is 4. The van der Waals surface area contributed by atoms with Crippen LogP contribution in [0.15, 0.2) is 24.3 Å². The van der Waals surface area contributed by atoms with Gasteiger partial charge in [-0.1, -0.05) is 12.1 Å². The van der Waals surface area contributed by atoms with Crippen molar-refractivity contribution < 1.29 is 13.9 Å². The third-order valence-electron chi connectivity index (χ3n) is 4.83. The first-order chi connectivity index (χ1) is 11.7. The SMILES string of the molecule is O=C(CC1CCCN1)NCC(c1ccc(F)cc1)N1CCOCC1. The Morgan fingerprint density at radius 1 is 1.33 bits per heavy atom. The van der Waals surface area contributed by atoms with Gasteiger partial charge < -0.3 is 15.4 Å². The summed E-state index contributed by atoms with van der Waals surface area (Å²) < 4.78 is 18.6. The second kappa shape index (κ2) is 8.55. The zero-order chi connectivity index (χ0) is 16.8. The minimum absolute atomic E-state index is 0.0509. The Labute approximate surface area is 142 Å². The van der Waals surface area contributed by atoms with Crippen LogP contribution in [0.1, 0.15) is 30.9 Å². The smallest absolute Gasteiger partial charge is 0.221 e. The van der Waals surface area contributed by atoms with Gasteiger partial charge in [-0.3, -0.25) is 9.69 Å². The van der Waals surface area contributed by atoms with E-state index >= 15 is 0 Å². The van der Waals surface area contributed by atoms with E-state index < -0.39 is 0 Å². The van der Waals surface area contributed by atoms with Gasteiger partial charge in [-0.2, -0.15) is 0 Å². The molecule has 2 aliphatic rings. The molecule has 0 aromatic heterocycles. The van der Waals surface area contributed by atoms with Crippen LogP contribution in [0, 0.1) is 5.82 Å². The van der Waals surface area contributed by atoms with E-state index in [4.69, 9.17) is 4.74 Å². The molecule has 2 aliphatic heterocycles. The zero-order valence-corrected chi connectivity index (χ0v) is 14.0. The van der Waals surface area contributed by atoms with Crippen molar-refractivity contribution in [1.82, 2.24) is 15.5 Å². The van der Waals surface area contributed by atoms with Gasteiger partial charge in [0.15, 0.2) is 0 Å². The Morgan fingerprint density at radius 3 is 2.75 bits per heavy atom. The van der Waals surface area contributed by atoms with Crippen LogP contribution >= 0.6 is 0 Å². The molecule has 2 atom stereocenters. The molecule has 1 aromatic carbocycles. The van der Waals surface area contributed by atoms with Gasteiger partial charge in [-0.25, -0.2) is 4.39 Å². The highest BCUT2D eigenvalue weighted by Gasteiger charge is 2.24. The number of hydrogen-bond donors (Lipinski definition) is 2. The Bertz CT molecular complexity index is 526. The molecule has 5 nitrogen and oxygen atoms in total. The normalized spacial score (nSPS) is 23.1. The highest BCUT2D eigenvalue weighted by atomic mass is 19.1. The van der Waals surface area contributed by atoms with Gasteiger partial charge in [0.1, 0.15) is 5.82 Å². The predicted octanol–water partition coefficient (Wildman–Crippen LogP) is 1.46. The van der Waals surface area contributed by atoms with E-state index in [0.29, 0.717) is 32.2 Å². The summed E-state index contributed by atoms with van der Waals surface area (Å²) in [6, 6.07) is 6.92. The minimum atomic E-state index is -0.240. The van der Waals surface area contributed by atoms with Crippen LogP contribution in [0.25, 0.3) is 0 Å². The number of nitrogens with one attached hydrogen (secondary N) is 2. The Hall–Kier alpha value is -1.50. The van der Waals surface area contributed by atoms with Crippen LogP contribution in [0.5, 0.6) is 0 Å². The topological polar surface area (TPSA) is 53.6 Å². The van der Waals surface area contributed by atoms with Gasteiger partial charge in [-0.15, -0.1) is 0 Å². The minimum Gasteiger partial charge on any atom is -0.379 e. The third kappa shape index (κ3) is 4.75. The van der Waals surface area contributed by atoms with Gasteiger partial charge in [0.05, 0.1) is 19.3 Å². The van der Waals surface area contributed by atoms with Crippen LogP contribution in [-0.2, 0) is 9.53 Å². The molecule has 3 rings (SSSR count). The first-order valence-electron chi connectivity index (χ1n) is 8.80. The summed E-state index contributed by atoms with van der Waals surface area (Å²) in [6.07, 6.45) is 2.74. The van der Waals surface area contributed by atoms with Gasteiger partial charge in [0.25, 0.3) is 0 Å². The third-order valence-corrected chi connectivity index (χ3v) is 4.83. The first kappa shape index (κ1) is 17.3. The van der Waals surface area contributed by atoms with E-state index in [1.807, 2.05) is 0 Å². The molecular weight excluding hydrogens is 309 g/mol. The molecule has 132 valence electrons. The van der Waals surface area contributed by atoms with Gasteiger partial charge in [0.2, 0.25) is 5.91 Å². The van der Waals surface area contributed by atoms with Crippen molar-refractivity contribution in [2.24, 2.45) is 0 Å². The second-order valence-corrected chi connectivity index (χ2v) is 6.52. The number of carbonyl (C=O) groups excluding carboxylic acids is 1. The van der Waals surface area contributed by atoms with Crippen molar-refractivity contribution in [3.05, 3.63) is 35.6 Å². The fourth-order valence-electron chi connectivity index (χ4n) is 3.47. The molecule has 0 radical (unpaired) electrons.